The molecule has 0 bridgehead atoms. The first-order valence-electron chi connectivity index (χ1n) is 4.17. The van der Waals surface area contributed by atoms with Gasteiger partial charge in [-0.2, -0.15) is 0 Å². The van der Waals surface area contributed by atoms with Crippen LogP contribution in [-0.4, -0.2) is 20.3 Å². The van der Waals surface area contributed by atoms with Crippen molar-refractivity contribution in [2.24, 2.45) is 5.73 Å². The van der Waals surface area contributed by atoms with Gasteiger partial charge in [0.1, 0.15) is 5.76 Å². The first-order chi connectivity index (χ1) is 6.31. The number of hydrogen-bond acceptors (Lipinski definition) is 3. The van der Waals surface area contributed by atoms with Crippen LogP contribution in [-0.2, 0) is 9.47 Å². The van der Waals surface area contributed by atoms with Crippen molar-refractivity contribution in [2.45, 2.75) is 6.42 Å². The minimum Gasteiger partial charge on any atom is -0.494 e. The van der Waals surface area contributed by atoms with Crippen LogP contribution in [0, 0.1) is 0 Å². The third-order valence-corrected chi connectivity index (χ3v) is 1.28. The molecular weight excluding hydrogens is 166 g/mol. The van der Waals surface area contributed by atoms with Gasteiger partial charge in [-0.1, -0.05) is 12.7 Å². The van der Waals surface area contributed by atoms with Gasteiger partial charge in [0.2, 0.25) is 0 Å². The van der Waals surface area contributed by atoms with Gasteiger partial charge in [-0.15, -0.1) is 0 Å². The molecule has 2 N–H and O–H groups in total. The van der Waals surface area contributed by atoms with E-state index in [1.54, 1.807) is 25.3 Å². The van der Waals surface area contributed by atoms with Crippen molar-refractivity contribution in [1.29, 1.82) is 0 Å². The Balaban J connectivity index is 3.40. The summed E-state index contributed by atoms with van der Waals surface area (Å²) in [5.74, 6) is 0.634. The average molecular weight is 183 g/mol. The topological polar surface area (TPSA) is 44.5 Å². The molecule has 0 aliphatic carbocycles. The van der Waals surface area contributed by atoms with E-state index in [0.29, 0.717) is 19.0 Å². The van der Waals surface area contributed by atoms with Gasteiger partial charge in [0, 0.05) is 20.1 Å². The summed E-state index contributed by atoms with van der Waals surface area (Å²) < 4.78 is 10.1. The van der Waals surface area contributed by atoms with Gasteiger partial charge in [0.25, 0.3) is 0 Å². The van der Waals surface area contributed by atoms with Crippen LogP contribution in [0.3, 0.4) is 0 Å². The van der Waals surface area contributed by atoms with Gasteiger partial charge in [-0.3, -0.25) is 0 Å². The smallest absolute Gasteiger partial charge is 0.112 e. The Kier molecular flexibility index (Phi) is 8.04. The lowest BCUT2D eigenvalue weighted by molar-refractivity contribution is 0.150. The highest BCUT2D eigenvalue weighted by Crippen LogP contribution is 1.97. The Labute approximate surface area is 79.5 Å². The third-order valence-electron chi connectivity index (χ3n) is 1.28. The third kappa shape index (κ3) is 8.69. The summed E-state index contributed by atoms with van der Waals surface area (Å²) in [4.78, 5) is 0. The maximum atomic E-state index is 5.25. The number of ether oxygens (including phenoxy) is 2. The molecule has 0 fully saturated rings. The molecule has 13 heavy (non-hydrogen) atoms. The fourth-order valence-electron chi connectivity index (χ4n) is 0.682. The number of methoxy groups -OCH3 is 1. The average Bonchev–Trinajstić information content (AvgIpc) is 2.13. The van der Waals surface area contributed by atoms with E-state index in [0.717, 1.165) is 6.42 Å². The Morgan fingerprint density at radius 3 is 2.77 bits per heavy atom. The molecule has 0 aromatic carbocycles. The molecule has 0 aliphatic rings. The largest absolute Gasteiger partial charge is 0.494 e. The van der Waals surface area contributed by atoms with E-state index in [-0.39, 0.29) is 0 Å². The summed E-state index contributed by atoms with van der Waals surface area (Å²) in [5, 5.41) is 0. The van der Waals surface area contributed by atoms with Crippen LogP contribution in [0.5, 0.6) is 0 Å². The van der Waals surface area contributed by atoms with Crippen molar-refractivity contribution in [1.82, 2.24) is 0 Å². The molecule has 0 atom stereocenters. The number of rotatable bonds is 7. The lowest BCUT2D eigenvalue weighted by atomic mass is 10.4. The molecule has 0 amide bonds. The highest BCUT2D eigenvalue weighted by atomic mass is 16.5. The zero-order valence-electron chi connectivity index (χ0n) is 8.03. The van der Waals surface area contributed by atoms with Crippen LogP contribution < -0.4 is 5.73 Å². The van der Waals surface area contributed by atoms with Gasteiger partial charge in [0.15, 0.2) is 0 Å². The molecule has 74 valence electrons. The minimum absolute atomic E-state index is 0.628. The standard InChI is InChI=1S/C10H17NO2/c1-10(6-3-4-7-11)13-9-5-8-12-2/h3-4,6-7H,1,5,8-9,11H2,2H3/b6-3-,7-4-. The molecule has 0 aromatic heterocycles. The van der Waals surface area contributed by atoms with E-state index in [9.17, 15) is 0 Å². The van der Waals surface area contributed by atoms with E-state index in [4.69, 9.17) is 15.2 Å². The lowest BCUT2D eigenvalue weighted by Gasteiger charge is -2.03. The summed E-state index contributed by atoms with van der Waals surface area (Å²) in [6, 6.07) is 0. The first-order valence-corrected chi connectivity index (χ1v) is 4.17. The fourth-order valence-corrected chi connectivity index (χ4v) is 0.682. The zero-order chi connectivity index (χ0) is 9.94. The maximum Gasteiger partial charge on any atom is 0.112 e. The van der Waals surface area contributed by atoms with Crippen LogP contribution >= 0.6 is 0 Å². The van der Waals surface area contributed by atoms with Crippen LogP contribution in [0.1, 0.15) is 6.42 Å². The summed E-state index contributed by atoms with van der Waals surface area (Å²) in [7, 11) is 1.67. The SMILES string of the molecule is C=C(/C=C\C=C/N)OCCCOC. The Hall–Kier alpha value is -1.22. The molecule has 0 spiro atoms. The molecule has 0 unspecified atom stereocenters. The highest BCUT2D eigenvalue weighted by Gasteiger charge is 1.88. The van der Waals surface area contributed by atoms with Crippen molar-refractivity contribution in [3.05, 3.63) is 36.8 Å². The molecule has 3 heteroatoms. The predicted molar refractivity (Wildman–Crippen MR) is 54.1 cm³/mol. The van der Waals surface area contributed by atoms with Crippen LogP contribution in [0.4, 0.5) is 0 Å². The molecule has 0 heterocycles. The zero-order valence-corrected chi connectivity index (χ0v) is 8.03. The lowest BCUT2D eigenvalue weighted by Crippen LogP contribution is -1.97. The monoisotopic (exact) mass is 183 g/mol. The van der Waals surface area contributed by atoms with Gasteiger partial charge >= 0.3 is 0 Å². The summed E-state index contributed by atoms with van der Waals surface area (Å²) in [6.45, 7) is 5.04. The minimum atomic E-state index is 0.628. The Bertz CT molecular complexity index is 185. The second-order valence-corrected chi connectivity index (χ2v) is 2.41. The molecule has 0 aromatic rings. The summed E-state index contributed by atoms with van der Waals surface area (Å²) >= 11 is 0. The molecule has 0 aliphatic heterocycles. The number of hydrogen-bond donors (Lipinski definition) is 1. The molecule has 3 nitrogen and oxygen atoms in total. The van der Waals surface area contributed by atoms with Crippen molar-refractivity contribution in [3.8, 4) is 0 Å². The van der Waals surface area contributed by atoms with Gasteiger partial charge in [-0.25, -0.2) is 0 Å². The molecule has 0 rings (SSSR count). The van der Waals surface area contributed by atoms with Crippen LogP contribution in [0.25, 0.3) is 0 Å². The normalized spacial score (nSPS) is 11.2. The van der Waals surface area contributed by atoms with E-state index < -0.39 is 0 Å². The second kappa shape index (κ2) is 8.87. The van der Waals surface area contributed by atoms with Crippen molar-refractivity contribution in [3.63, 3.8) is 0 Å². The van der Waals surface area contributed by atoms with E-state index in [1.165, 1.54) is 6.20 Å². The Morgan fingerprint density at radius 2 is 2.15 bits per heavy atom. The summed E-state index contributed by atoms with van der Waals surface area (Å²) in [5.41, 5.74) is 5.14. The molecule has 0 saturated carbocycles. The van der Waals surface area contributed by atoms with Crippen LogP contribution in [0.15, 0.2) is 36.8 Å². The number of nitrogens with two attached hydrogens (primary N) is 1. The molecular formula is C10H17NO2. The quantitative estimate of drug-likeness (QED) is 0.370. The maximum absolute atomic E-state index is 5.25. The predicted octanol–water partition coefficient (Wildman–Crippen LogP) is 1.58. The van der Waals surface area contributed by atoms with Gasteiger partial charge in [0.05, 0.1) is 6.61 Å². The van der Waals surface area contributed by atoms with Crippen molar-refractivity contribution < 1.29 is 9.47 Å². The summed E-state index contributed by atoms with van der Waals surface area (Å²) in [6.07, 6.45) is 7.57. The van der Waals surface area contributed by atoms with Crippen molar-refractivity contribution in [2.75, 3.05) is 20.3 Å². The van der Waals surface area contributed by atoms with Crippen LogP contribution in [0.2, 0.25) is 0 Å². The van der Waals surface area contributed by atoms with E-state index in [2.05, 4.69) is 6.58 Å². The highest BCUT2D eigenvalue weighted by molar-refractivity contribution is 5.13. The van der Waals surface area contributed by atoms with E-state index in [1.807, 2.05) is 0 Å². The first kappa shape index (κ1) is 11.8. The second-order valence-electron chi connectivity index (χ2n) is 2.41. The fraction of sp³-hybridized carbons (Fsp3) is 0.400. The number of allylic oxidation sites excluding steroid dienone is 3. The van der Waals surface area contributed by atoms with E-state index >= 15 is 0 Å². The molecule has 0 radical (unpaired) electrons. The van der Waals surface area contributed by atoms with Crippen molar-refractivity contribution >= 4 is 0 Å². The molecule has 0 saturated heterocycles. The Morgan fingerprint density at radius 1 is 1.38 bits per heavy atom. The van der Waals surface area contributed by atoms with Gasteiger partial charge < -0.3 is 15.2 Å². The van der Waals surface area contributed by atoms with Gasteiger partial charge in [-0.05, 0) is 18.4 Å².